The van der Waals surface area contributed by atoms with Crippen molar-refractivity contribution in [2.24, 2.45) is 0 Å². The van der Waals surface area contributed by atoms with E-state index in [-0.39, 0.29) is 17.9 Å². The van der Waals surface area contributed by atoms with Gasteiger partial charge in [0.2, 0.25) is 5.91 Å². The van der Waals surface area contributed by atoms with Crippen molar-refractivity contribution in [3.05, 3.63) is 29.8 Å². The van der Waals surface area contributed by atoms with E-state index in [1.807, 2.05) is 29.2 Å². The predicted octanol–water partition coefficient (Wildman–Crippen LogP) is 2.19. The fourth-order valence-electron chi connectivity index (χ4n) is 3.08. The maximum Gasteiger partial charge on any atom is 0.230 e. The van der Waals surface area contributed by atoms with Crippen molar-refractivity contribution in [3.8, 4) is 5.75 Å². The predicted molar refractivity (Wildman–Crippen MR) is 75.9 cm³/mol. The number of carbonyl (C=O) groups excluding carboxylic acids is 1. The van der Waals surface area contributed by atoms with Gasteiger partial charge in [-0.05, 0) is 18.9 Å². The molecular formula is C16H21NO3. The summed E-state index contributed by atoms with van der Waals surface area (Å²) in [6, 6.07) is 8.11. The maximum absolute atomic E-state index is 12.9. The quantitative estimate of drug-likeness (QED) is 0.830. The number of morpholine rings is 1. The van der Waals surface area contributed by atoms with E-state index in [1.54, 1.807) is 0 Å². The molecule has 1 fully saturated rings. The van der Waals surface area contributed by atoms with Crippen LogP contribution >= 0.6 is 0 Å². The molecule has 2 atom stereocenters. The van der Waals surface area contributed by atoms with Gasteiger partial charge >= 0.3 is 0 Å². The van der Waals surface area contributed by atoms with E-state index in [0.29, 0.717) is 26.4 Å². The highest BCUT2D eigenvalue weighted by Crippen LogP contribution is 2.35. The number of carbonyl (C=O) groups is 1. The van der Waals surface area contributed by atoms with E-state index in [4.69, 9.17) is 9.47 Å². The fourth-order valence-corrected chi connectivity index (χ4v) is 3.08. The molecule has 2 unspecified atom stereocenters. The van der Waals surface area contributed by atoms with Gasteiger partial charge in [0.15, 0.2) is 0 Å². The monoisotopic (exact) mass is 275 g/mol. The molecule has 2 aliphatic rings. The molecule has 1 aromatic rings. The molecule has 1 saturated heterocycles. The summed E-state index contributed by atoms with van der Waals surface area (Å²) >= 11 is 0. The Morgan fingerprint density at radius 1 is 1.35 bits per heavy atom. The van der Waals surface area contributed by atoms with Crippen molar-refractivity contribution < 1.29 is 14.3 Å². The van der Waals surface area contributed by atoms with Gasteiger partial charge in [0.25, 0.3) is 0 Å². The molecule has 0 bridgehead atoms. The number of amides is 1. The molecule has 108 valence electrons. The van der Waals surface area contributed by atoms with Gasteiger partial charge in [-0.15, -0.1) is 0 Å². The smallest absolute Gasteiger partial charge is 0.230 e. The molecule has 20 heavy (non-hydrogen) atoms. The highest BCUT2D eigenvalue weighted by atomic mass is 16.5. The van der Waals surface area contributed by atoms with Crippen LogP contribution in [0.15, 0.2) is 24.3 Å². The highest BCUT2D eigenvalue weighted by Gasteiger charge is 2.34. The molecule has 1 aromatic carbocycles. The third kappa shape index (κ3) is 2.40. The molecule has 3 rings (SSSR count). The van der Waals surface area contributed by atoms with Crippen molar-refractivity contribution in [2.75, 3.05) is 26.4 Å². The second-order valence-electron chi connectivity index (χ2n) is 5.40. The zero-order chi connectivity index (χ0) is 13.9. The summed E-state index contributed by atoms with van der Waals surface area (Å²) in [5, 5.41) is 0. The zero-order valence-corrected chi connectivity index (χ0v) is 11.9. The van der Waals surface area contributed by atoms with Crippen LogP contribution in [0.1, 0.15) is 31.2 Å². The largest absolute Gasteiger partial charge is 0.493 e. The highest BCUT2D eigenvalue weighted by molar-refractivity contribution is 5.85. The summed E-state index contributed by atoms with van der Waals surface area (Å²) < 4.78 is 11.1. The first kappa shape index (κ1) is 13.4. The normalized spacial score (nSPS) is 25.8. The molecular weight excluding hydrogens is 254 g/mol. The number of hydrogen-bond donors (Lipinski definition) is 0. The number of rotatable bonds is 2. The third-order valence-corrected chi connectivity index (χ3v) is 4.24. The number of nitrogens with zero attached hydrogens (tertiary/aromatic N) is 1. The van der Waals surface area contributed by atoms with Crippen molar-refractivity contribution in [2.45, 2.75) is 31.7 Å². The molecule has 0 saturated carbocycles. The van der Waals surface area contributed by atoms with Gasteiger partial charge in [-0.3, -0.25) is 4.79 Å². The Kier molecular flexibility index (Phi) is 3.92. The topological polar surface area (TPSA) is 38.8 Å². The van der Waals surface area contributed by atoms with E-state index < -0.39 is 0 Å². The first-order chi connectivity index (χ1) is 9.81. The third-order valence-electron chi connectivity index (χ3n) is 4.24. The van der Waals surface area contributed by atoms with Gasteiger partial charge in [-0.2, -0.15) is 0 Å². The molecule has 2 heterocycles. The number of fused-ring (bicyclic) bond motifs is 1. The summed E-state index contributed by atoms with van der Waals surface area (Å²) in [5.41, 5.74) is 1.03. The zero-order valence-electron chi connectivity index (χ0n) is 11.9. The maximum atomic E-state index is 12.9. The average molecular weight is 275 g/mol. The van der Waals surface area contributed by atoms with Crippen LogP contribution in [0.2, 0.25) is 0 Å². The van der Waals surface area contributed by atoms with Crippen LogP contribution in [0.3, 0.4) is 0 Å². The Bertz CT molecular complexity index is 488. The molecule has 4 heteroatoms. The van der Waals surface area contributed by atoms with E-state index in [0.717, 1.165) is 24.2 Å². The van der Waals surface area contributed by atoms with Crippen LogP contribution in [0.5, 0.6) is 5.75 Å². The molecule has 0 radical (unpaired) electrons. The van der Waals surface area contributed by atoms with Gasteiger partial charge < -0.3 is 14.4 Å². The first-order valence-corrected chi connectivity index (χ1v) is 7.41. The van der Waals surface area contributed by atoms with Gasteiger partial charge in [0, 0.05) is 12.1 Å². The number of benzene rings is 1. The number of para-hydroxylation sites is 1. The number of ether oxygens (including phenoxy) is 2. The summed E-state index contributed by atoms with van der Waals surface area (Å²) in [6.45, 7) is 4.74. The second kappa shape index (κ2) is 5.83. The molecule has 1 amide bonds. The molecule has 2 aliphatic heterocycles. The van der Waals surface area contributed by atoms with E-state index in [9.17, 15) is 4.79 Å². The van der Waals surface area contributed by atoms with Crippen LogP contribution in [0, 0.1) is 0 Å². The van der Waals surface area contributed by atoms with Crippen molar-refractivity contribution >= 4 is 5.91 Å². The van der Waals surface area contributed by atoms with Crippen LogP contribution in [-0.2, 0) is 9.53 Å². The SMILES string of the molecule is CCC1COCCN1C(=O)C1CCOc2ccccc21. The Morgan fingerprint density at radius 3 is 3.05 bits per heavy atom. The van der Waals surface area contributed by atoms with Crippen molar-refractivity contribution in [3.63, 3.8) is 0 Å². The molecule has 0 spiro atoms. The van der Waals surface area contributed by atoms with Gasteiger partial charge in [-0.25, -0.2) is 0 Å². The second-order valence-corrected chi connectivity index (χ2v) is 5.40. The van der Waals surface area contributed by atoms with Crippen LogP contribution in [0.4, 0.5) is 0 Å². The van der Waals surface area contributed by atoms with Gasteiger partial charge in [0.05, 0.1) is 31.8 Å². The summed E-state index contributed by atoms with van der Waals surface area (Å²) in [5.74, 6) is 1.03. The van der Waals surface area contributed by atoms with Crippen LogP contribution in [-0.4, -0.2) is 43.2 Å². The van der Waals surface area contributed by atoms with E-state index in [1.165, 1.54) is 0 Å². The lowest BCUT2D eigenvalue weighted by molar-refractivity contribution is -0.142. The molecule has 0 N–H and O–H groups in total. The van der Waals surface area contributed by atoms with Crippen LogP contribution in [0.25, 0.3) is 0 Å². The van der Waals surface area contributed by atoms with Gasteiger partial charge in [0.1, 0.15) is 5.75 Å². The van der Waals surface area contributed by atoms with E-state index >= 15 is 0 Å². The minimum absolute atomic E-state index is 0.0629. The Balaban J connectivity index is 1.84. The molecule has 4 nitrogen and oxygen atoms in total. The Labute approximate surface area is 119 Å². The summed E-state index contributed by atoms with van der Waals surface area (Å²) in [6.07, 6.45) is 1.71. The molecule has 0 aromatic heterocycles. The fraction of sp³-hybridized carbons (Fsp3) is 0.562. The Morgan fingerprint density at radius 2 is 2.20 bits per heavy atom. The Hall–Kier alpha value is -1.55. The number of hydrogen-bond acceptors (Lipinski definition) is 3. The lowest BCUT2D eigenvalue weighted by Gasteiger charge is -2.38. The standard InChI is InChI=1S/C16H21NO3/c1-2-12-11-19-10-8-17(12)16(18)14-7-9-20-15-6-4-3-5-13(14)15/h3-6,12,14H,2,7-11H2,1H3. The van der Waals surface area contributed by atoms with Crippen molar-refractivity contribution in [1.29, 1.82) is 0 Å². The average Bonchev–Trinajstić information content (AvgIpc) is 2.53. The lowest BCUT2D eigenvalue weighted by Crippen LogP contribution is -2.50. The minimum atomic E-state index is -0.0629. The van der Waals surface area contributed by atoms with Crippen molar-refractivity contribution in [1.82, 2.24) is 4.90 Å². The van der Waals surface area contributed by atoms with Crippen LogP contribution < -0.4 is 4.74 Å². The van der Waals surface area contributed by atoms with E-state index in [2.05, 4.69) is 6.92 Å². The van der Waals surface area contributed by atoms with Gasteiger partial charge in [-0.1, -0.05) is 25.1 Å². The summed E-state index contributed by atoms with van der Waals surface area (Å²) in [4.78, 5) is 14.9. The molecule has 0 aliphatic carbocycles. The minimum Gasteiger partial charge on any atom is -0.493 e. The summed E-state index contributed by atoms with van der Waals surface area (Å²) in [7, 11) is 0. The first-order valence-electron chi connectivity index (χ1n) is 7.41. The lowest BCUT2D eigenvalue weighted by atomic mass is 9.91.